The molecule has 0 fully saturated rings. The van der Waals surface area contributed by atoms with Crippen molar-refractivity contribution in [1.29, 1.82) is 0 Å². The molecule has 3 atom stereocenters. The van der Waals surface area contributed by atoms with E-state index in [-0.39, 0.29) is 18.8 Å². The fourth-order valence-electron chi connectivity index (χ4n) is 3.03. The lowest BCUT2D eigenvalue weighted by molar-refractivity contribution is -0.137. The second-order valence-electron chi connectivity index (χ2n) is 8.71. The first-order chi connectivity index (χ1) is 18.9. The van der Waals surface area contributed by atoms with E-state index in [2.05, 4.69) is 15.0 Å². The van der Waals surface area contributed by atoms with Crippen molar-refractivity contribution in [3.05, 3.63) is 12.7 Å². The molecule has 224 valence electrons. The smallest absolute Gasteiger partial charge is 0.481 e. The zero-order valence-electron chi connectivity index (χ0n) is 22.6. The maximum absolute atomic E-state index is 13.2. The minimum absolute atomic E-state index is 0.0730. The third kappa shape index (κ3) is 11.7. The second-order valence-corrected chi connectivity index (χ2v) is 10.7. The maximum atomic E-state index is 13.2. The summed E-state index contributed by atoms with van der Waals surface area (Å²) in [6, 6.07) is 0. The highest BCUT2D eigenvalue weighted by Crippen LogP contribution is 2.48. The Morgan fingerprint density at radius 1 is 1.00 bits per heavy atom. The fourth-order valence-corrected chi connectivity index (χ4v) is 4.11. The molecule has 2 heterocycles. The van der Waals surface area contributed by atoms with Crippen LogP contribution < -0.4 is 5.73 Å². The van der Waals surface area contributed by atoms with Gasteiger partial charge in [-0.1, -0.05) is 0 Å². The van der Waals surface area contributed by atoms with Gasteiger partial charge in [0.2, 0.25) is 13.6 Å². The van der Waals surface area contributed by atoms with E-state index >= 15 is 0 Å². The Hall–Kier alpha value is -3.53. The minimum atomic E-state index is -4.15. The third-order valence-electron chi connectivity index (χ3n) is 4.88. The number of fused-ring (bicyclic) bond motifs is 1. The van der Waals surface area contributed by atoms with E-state index in [0.717, 1.165) is 0 Å². The van der Waals surface area contributed by atoms with Crippen molar-refractivity contribution in [1.82, 2.24) is 19.5 Å². The summed E-state index contributed by atoms with van der Waals surface area (Å²) in [5, 5.41) is 8.68. The van der Waals surface area contributed by atoms with Gasteiger partial charge in [-0.05, 0) is 40.5 Å². The standard InChI is InChI=1S/C22H34N5O12P/c1-14(2)38-21(30)33-11-36-40(32,37-12-34-22(31)39-15(3)6-5-7-17(28)29)13-35-16(4)8-27-10-26-18-19(23)24-9-25-20(18)27/h9-10,14-16H,5-8,11-13H2,1-4H3,(H,28,29)(H2,23,24,25)/t15?,16-,40?/m1/s1. The number of carbonyl (C=O) groups is 3. The summed E-state index contributed by atoms with van der Waals surface area (Å²) in [6.07, 6.45) is -1.13. The number of hydrogen-bond donors (Lipinski definition) is 2. The number of carboxylic acid groups (broad SMARTS) is 1. The largest absolute Gasteiger partial charge is 0.510 e. The Morgan fingerprint density at radius 3 is 2.27 bits per heavy atom. The summed E-state index contributed by atoms with van der Waals surface area (Å²) in [6.45, 7) is 5.05. The number of rotatable bonds is 17. The molecule has 0 aliphatic carbocycles. The van der Waals surface area contributed by atoms with Crippen LogP contribution in [-0.4, -0.2) is 81.2 Å². The quantitative estimate of drug-likeness (QED) is 0.153. The van der Waals surface area contributed by atoms with Crippen molar-refractivity contribution in [2.24, 2.45) is 0 Å². The van der Waals surface area contributed by atoms with Crippen LogP contribution in [0.4, 0.5) is 15.4 Å². The highest BCUT2D eigenvalue weighted by atomic mass is 31.2. The molecular formula is C22H34N5O12P. The number of nitrogens with zero attached hydrogens (tertiary/aromatic N) is 4. The van der Waals surface area contributed by atoms with Crippen LogP contribution in [0.5, 0.6) is 0 Å². The van der Waals surface area contributed by atoms with E-state index in [1.807, 2.05) is 0 Å². The molecule has 0 aliphatic rings. The first-order valence-electron chi connectivity index (χ1n) is 12.2. The van der Waals surface area contributed by atoms with Crippen molar-refractivity contribution in [2.45, 2.75) is 71.8 Å². The molecule has 0 aliphatic heterocycles. The second kappa shape index (κ2) is 15.9. The monoisotopic (exact) mass is 591 g/mol. The number of ether oxygens (including phenoxy) is 5. The van der Waals surface area contributed by atoms with Crippen LogP contribution in [0.1, 0.15) is 47.0 Å². The van der Waals surface area contributed by atoms with Gasteiger partial charge in [0.15, 0.2) is 11.5 Å². The van der Waals surface area contributed by atoms with Crippen molar-refractivity contribution >= 4 is 42.9 Å². The molecule has 2 aromatic rings. The van der Waals surface area contributed by atoms with Gasteiger partial charge >= 0.3 is 25.9 Å². The van der Waals surface area contributed by atoms with E-state index in [0.29, 0.717) is 24.0 Å². The topological polar surface area (TPSA) is 223 Å². The predicted octanol–water partition coefficient (Wildman–Crippen LogP) is 3.27. The molecular weight excluding hydrogens is 557 g/mol. The zero-order chi connectivity index (χ0) is 29.7. The number of anilines is 1. The molecule has 0 aromatic carbocycles. The van der Waals surface area contributed by atoms with Gasteiger partial charge in [0.25, 0.3) is 0 Å². The van der Waals surface area contributed by atoms with Gasteiger partial charge in [0.05, 0.1) is 25.1 Å². The van der Waals surface area contributed by atoms with E-state index in [1.165, 1.54) is 12.7 Å². The lowest BCUT2D eigenvalue weighted by Gasteiger charge is -2.21. The van der Waals surface area contributed by atoms with Crippen molar-refractivity contribution in [3.63, 3.8) is 0 Å². The molecule has 2 unspecified atom stereocenters. The normalized spacial score (nSPS) is 14.3. The van der Waals surface area contributed by atoms with Crippen LogP contribution in [0, 0.1) is 0 Å². The molecule has 2 aromatic heterocycles. The highest BCUT2D eigenvalue weighted by Gasteiger charge is 2.29. The van der Waals surface area contributed by atoms with Gasteiger partial charge in [-0.3, -0.25) is 18.4 Å². The van der Waals surface area contributed by atoms with Gasteiger partial charge in [-0.25, -0.2) is 24.5 Å². The van der Waals surface area contributed by atoms with E-state index < -0.39 is 64.1 Å². The Kier molecular flexibility index (Phi) is 13.0. The number of nitrogen functional groups attached to an aromatic ring is 1. The number of aliphatic carboxylic acids is 1. The lowest BCUT2D eigenvalue weighted by Crippen LogP contribution is -2.20. The molecule has 2 rings (SSSR count). The zero-order valence-corrected chi connectivity index (χ0v) is 23.5. The molecule has 0 amide bonds. The minimum Gasteiger partial charge on any atom is -0.481 e. The number of imidazole rings is 1. The Morgan fingerprint density at radius 2 is 1.65 bits per heavy atom. The summed E-state index contributed by atoms with van der Waals surface area (Å²) in [7, 11) is -4.15. The summed E-state index contributed by atoms with van der Waals surface area (Å²) in [5.74, 6) is -0.748. The SMILES string of the molecule is CC(C)OC(=O)OCOP(=O)(CO[C@H](C)Cn1cnc2c(N)ncnc21)OCOC(=O)OC(C)CCCC(=O)O. The number of hydrogen-bond acceptors (Lipinski definition) is 15. The van der Waals surface area contributed by atoms with Crippen LogP contribution in [0.15, 0.2) is 12.7 Å². The molecule has 0 radical (unpaired) electrons. The van der Waals surface area contributed by atoms with Crippen molar-refractivity contribution < 1.29 is 56.8 Å². The number of nitrogens with two attached hydrogens (primary N) is 1. The molecule has 0 saturated carbocycles. The van der Waals surface area contributed by atoms with E-state index in [9.17, 15) is 18.9 Å². The molecule has 40 heavy (non-hydrogen) atoms. The summed E-state index contributed by atoms with van der Waals surface area (Å²) >= 11 is 0. The predicted molar refractivity (Wildman–Crippen MR) is 136 cm³/mol. The van der Waals surface area contributed by atoms with Crippen LogP contribution in [0.2, 0.25) is 0 Å². The first kappa shape index (κ1) is 32.7. The van der Waals surface area contributed by atoms with Gasteiger partial charge in [0, 0.05) is 6.42 Å². The van der Waals surface area contributed by atoms with Gasteiger partial charge in [0.1, 0.15) is 24.3 Å². The molecule has 0 bridgehead atoms. The molecule has 17 nitrogen and oxygen atoms in total. The maximum Gasteiger partial charge on any atom is 0.510 e. The lowest BCUT2D eigenvalue weighted by atomic mass is 10.2. The van der Waals surface area contributed by atoms with Gasteiger partial charge in [-0.2, -0.15) is 0 Å². The van der Waals surface area contributed by atoms with Crippen molar-refractivity contribution in [3.8, 4) is 0 Å². The Bertz CT molecular complexity index is 1180. The molecule has 3 N–H and O–H groups in total. The molecule has 0 spiro atoms. The Labute approximate surface area is 229 Å². The fraction of sp³-hybridized carbons (Fsp3) is 0.636. The van der Waals surface area contributed by atoms with Crippen LogP contribution in [0.25, 0.3) is 11.2 Å². The average Bonchev–Trinajstić information content (AvgIpc) is 3.26. The van der Waals surface area contributed by atoms with Crippen molar-refractivity contribution in [2.75, 3.05) is 25.7 Å². The molecule has 0 saturated heterocycles. The summed E-state index contributed by atoms with van der Waals surface area (Å²) in [4.78, 5) is 46.3. The van der Waals surface area contributed by atoms with Crippen LogP contribution in [-0.2, 0) is 48.6 Å². The first-order valence-corrected chi connectivity index (χ1v) is 13.9. The number of carbonyl (C=O) groups excluding carboxylic acids is 2. The summed E-state index contributed by atoms with van der Waals surface area (Å²) < 4.78 is 50.1. The number of aromatic nitrogens is 4. The third-order valence-corrected chi connectivity index (χ3v) is 6.35. The Balaban J connectivity index is 1.91. The average molecular weight is 592 g/mol. The highest BCUT2D eigenvalue weighted by molar-refractivity contribution is 7.53. The molecule has 18 heteroatoms. The summed E-state index contributed by atoms with van der Waals surface area (Å²) in [5.41, 5.74) is 6.68. The van der Waals surface area contributed by atoms with Crippen LogP contribution in [0.3, 0.4) is 0 Å². The van der Waals surface area contributed by atoms with E-state index in [1.54, 1.807) is 32.3 Å². The van der Waals surface area contributed by atoms with E-state index in [4.69, 9.17) is 43.6 Å². The van der Waals surface area contributed by atoms with Crippen LogP contribution >= 0.6 is 7.60 Å². The van der Waals surface area contributed by atoms with Gasteiger partial charge in [-0.15, -0.1) is 0 Å². The number of carboxylic acids is 1. The van der Waals surface area contributed by atoms with Gasteiger partial charge < -0.3 is 39.1 Å².